The zero-order valence-corrected chi connectivity index (χ0v) is 61.5. The second kappa shape index (κ2) is 30.3. The highest BCUT2D eigenvalue weighted by Gasteiger charge is 2.43. The van der Waals surface area contributed by atoms with Gasteiger partial charge in [0.1, 0.15) is 6.54 Å². The number of piperidine rings is 1. The van der Waals surface area contributed by atoms with E-state index in [0.717, 1.165) is 32.8 Å². The van der Waals surface area contributed by atoms with Gasteiger partial charge in [-0.25, -0.2) is 4.57 Å². The Balaban J connectivity index is 0.761. The van der Waals surface area contributed by atoms with E-state index in [0.29, 0.717) is 0 Å². The number of likely N-dealkylation sites (tertiary alicyclic amines) is 1. The van der Waals surface area contributed by atoms with Gasteiger partial charge in [0.05, 0.1) is 82.1 Å². The maximum atomic E-state index is 4.25. The highest BCUT2D eigenvalue weighted by Crippen LogP contribution is 2.46. The number of quaternary nitrogens is 3. The molecular formula is C94H109N5+4. The molecular weight excluding hydrogens is 1200 g/mol. The van der Waals surface area contributed by atoms with Gasteiger partial charge in [-0.05, 0) is 177 Å². The number of hydrogen-bond donors (Lipinski definition) is 0. The average molecular weight is 1310 g/mol. The van der Waals surface area contributed by atoms with E-state index in [1.165, 1.54) is 195 Å². The Kier molecular flexibility index (Phi) is 21.5. The lowest BCUT2D eigenvalue weighted by atomic mass is 9.67. The van der Waals surface area contributed by atoms with Crippen molar-refractivity contribution in [3.05, 3.63) is 312 Å². The summed E-state index contributed by atoms with van der Waals surface area (Å²) in [7, 11) is 16.3. The molecule has 11 aromatic rings. The van der Waals surface area contributed by atoms with Crippen molar-refractivity contribution in [3.63, 3.8) is 0 Å². The molecule has 1 aliphatic rings. The van der Waals surface area contributed by atoms with Crippen molar-refractivity contribution in [3.8, 4) is 66.8 Å². The van der Waals surface area contributed by atoms with Crippen LogP contribution in [0.25, 0.3) is 66.8 Å². The molecule has 506 valence electrons. The zero-order valence-electron chi connectivity index (χ0n) is 61.5. The molecule has 12 rings (SSSR count). The molecule has 0 saturated carbocycles. The van der Waals surface area contributed by atoms with E-state index in [4.69, 9.17) is 0 Å². The Morgan fingerprint density at radius 1 is 0.354 bits per heavy atom. The van der Waals surface area contributed by atoms with Gasteiger partial charge >= 0.3 is 0 Å². The van der Waals surface area contributed by atoms with E-state index in [-0.39, 0.29) is 10.8 Å². The predicted molar refractivity (Wildman–Crippen MR) is 419 cm³/mol. The summed E-state index contributed by atoms with van der Waals surface area (Å²) in [4.78, 5) is 4.25. The summed E-state index contributed by atoms with van der Waals surface area (Å²) in [6.07, 6.45) is 20.9. The molecule has 1 saturated heterocycles. The van der Waals surface area contributed by atoms with Crippen molar-refractivity contribution in [1.82, 2.24) is 4.98 Å². The van der Waals surface area contributed by atoms with E-state index in [2.05, 4.69) is 342 Å². The molecule has 0 spiro atoms. The maximum absolute atomic E-state index is 4.25. The van der Waals surface area contributed by atoms with Gasteiger partial charge in [0, 0.05) is 60.0 Å². The lowest BCUT2D eigenvalue weighted by Gasteiger charge is -2.47. The number of aryl methyl sites for hydroxylation is 2. The minimum Gasteiger partial charge on any atom is -0.331 e. The van der Waals surface area contributed by atoms with E-state index >= 15 is 0 Å². The summed E-state index contributed by atoms with van der Waals surface area (Å²) in [5.74, 6) is 0. The van der Waals surface area contributed by atoms with Crippen molar-refractivity contribution >= 4 is 0 Å². The number of pyridine rings is 2. The van der Waals surface area contributed by atoms with Gasteiger partial charge in [-0.3, -0.25) is 4.98 Å². The molecule has 5 heteroatoms. The summed E-state index contributed by atoms with van der Waals surface area (Å²) in [6, 6.07) is 92.4. The van der Waals surface area contributed by atoms with E-state index in [1.54, 1.807) is 0 Å². The number of rotatable bonds is 27. The molecule has 2 aromatic heterocycles. The Labute approximate surface area is 595 Å². The van der Waals surface area contributed by atoms with E-state index in [1.807, 2.05) is 12.4 Å². The third-order valence-corrected chi connectivity index (χ3v) is 22.4. The first-order valence-corrected chi connectivity index (χ1v) is 36.9. The van der Waals surface area contributed by atoms with Crippen molar-refractivity contribution in [2.45, 2.75) is 115 Å². The first-order chi connectivity index (χ1) is 47.6. The number of hydrogen-bond acceptors (Lipinski definition) is 1. The van der Waals surface area contributed by atoms with Crippen LogP contribution in [0.4, 0.5) is 0 Å². The zero-order chi connectivity index (χ0) is 69.3. The topological polar surface area (TPSA) is 16.8 Å². The lowest BCUT2D eigenvalue weighted by Crippen LogP contribution is -2.54. The molecule has 99 heavy (non-hydrogen) atoms. The first-order valence-electron chi connectivity index (χ1n) is 36.9. The molecule has 1 fully saturated rings. The van der Waals surface area contributed by atoms with Crippen LogP contribution in [0.15, 0.2) is 267 Å². The fourth-order valence-corrected chi connectivity index (χ4v) is 15.5. The third kappa shape index (κ3) is 16.9. The van der Waals surface area contributed by atoms with Crippen LogP contribution in [0.3, 0.4) is 0 Å². The molecule has 0 aliphatic carbocycles. The molecule has 0 radical (unpaired) electrons. The highest BCUT2D eigenvalue weighted by molar-refractivity contribution is 5.75. The van der Waals surface area contributed by atoms with Crippen molar-refractivity contribution < 1.29 is 18.0 Å². The summed E-state index contributed by atoms with van der Waals surface area (Å²) in [6.45, 7) is 16.3. The van der Waals surface area contributed by atoms with Gasteiger partial charge < -0.3 is 13.4 Å². The van der Waals surface area contributed by atoms with E-state index in [9.17, 15) is 0 Å². The van der Waals surface area contributed by atoms with Crippen LogP contribution in [0.1, 0.15) is 129 Å². The standard InChI is InChI=1S/C94H109N5/c1-72-20-22-73(23-21-72)74-24-26-78(27-25-74)83-42-52-90(53-43-83)94(60-70-99(11,71-61-94)69-19-15-14-18-68-98(8,9)10)91-54-44-84(45-55-91)79-34-32-77(33-35-79)82-40-50-88(51-41-82)93(4,89-58-65-96(66-59-89)64-16-12-13-17-67-97(5,6)7)87-48-38-81(39-49-87)76-30-28-75(29-31-76)80-36-46-85(47-37-80)92(2,3)86-56-62-95-63-57-86/h20-59,62-63,65-66H,12-19,60-61,64,67-71H2,1-11H3/q+4. The Hall–Kier alpha value is -8.84. The monoisotopic (exact) mass is 1310 g/mol. The van der Waals surface area contributed by atoms with Crippen LogP contribution in [0.5, 0.6) is 0 Å². The molecule has 0 bridgehead atoms. The predicted octanol–water partition coefficient (Wildman–Crippen LogP) is 21.4. The Morgan fingerprint density at radius 2 is 0.646 bits per heavy atom. The van der Waals surface area contributed by atoms with Crippen LogP contribution >= 0.6 is 0 Å². The van der Waals surface area contributed by atoms with Gasteiger partial charge in [-0.1, -0.05) is 238 Å². The van der Waals surface area contributed by atoms with Gasteiger partial charge in [0.15, 0.2) is 12.4 Å². The van der Waals surface area contributed by atoms with Crippen LogP contribution in [-0.2, 0) is 22.8 Å². The maximum Gasteiger partial charge on any atom is 0.169 e. The van der Waals surface area contributed by atoms with Gasteiger partial charge in [-0.15, -0.1) is 0 Å². The summed E-state index contributed by atoms with van der Waals surface area (Å²) in [5, 5.41) is 0. The number of benzene rings is 9. The molecule has 1 aliphatic heterocycles. The Bertz CT molecular complexity index is 4340. The number of unbranched alkanes of at least 4 members (excludes halogenated alkanes) is 6. The summed E-state index contributed by atoms with van der Waals surface area (Å²) < 4.78 is 5.62. The average Bonchev–Trinajstić information content (AvgIpc) is 0.762. The minimum atomic E-state index is -0.404. The van der Waals surface area contributed by atoms with Crippen molar-refractivity contribution in [2.75, 3.05) is 82.1 Å². The second-order valence-electron chi connectivity index (χ2n) is 32.0. The molecule has 5 nitrogen and oxygen atoms in total. The largest absolute Gasteiger partial charge is 0.331 e. The lowest BCUT2D eigenvalue weighted by molar-refractivity contribution is -0.915. The molecule has 1 atom stereocenters. The Morgan fingerprint density at radius 3 is 1.01 bits per heavy atom. The first kappa shape index (κ1) is 70.0. The van der Waals surface area contributed by atoms with Crippen LogP contribution in [0.2, 0.25) is 0 Å². The fraction of sp³-hybridized carbons (Fsp3) is 0.319. The molecule has 1 unspecified atom stereocenters. The van der Waals surface area contributed by atoms with E-state index < -0.39 is 5.41 Å². The minimum absolute atomic E-state index is 0.0552. The van der Waals surface area contributed by atoms with Gasteiger partial charge in [0.25, 0.3) is 0 Å². The van der Waals surface area contributed by atoms with Gasteiger partial charge in [0.2, 0.25) is 0 Å². The highest BCUT2D eigenvalue weighted by atomic mass is 15.3. The number of aromatic nitrogens is 2. The van der Waals surface area contributed by atoms with Crippen molar-refractivity contribution in [1.29, 1.82) is 0 Å². The summed E-state index contributed by atoms with van der Waals surface area (Å²) in [5.41, 5.74) is 24.8. The molecule has 0 amide bonds. The van der Waals surface area contributed by atoms with Crippen LogP contribution in [-0.4, -0.2) is 100 Å². The third-order valence-electron chi connectivity index (χ3n) is 22.4. The quantitative estimate of drug-likeness (QED) is 0.0285. The molecule has 0 N–H and O–H groups in total. The normalized spacial score (nSPS) is 16.5. The van der Waals surface area contributed by atoms with Crippen LogP contribution in [0, 0.1) is 6.92 Å². The second-order valence-corrected chi connectivity index (χ2v) is 32.0. The van der Waals surface area contributed by atoms with Crippen molar-refractivity contribution in [2.24, 2.45) is 0 Å². The molecule has 3 heterocycles. The number of nitrogens with zero attached hydrogens (tertiary/aromatic N) is 5. The van der Waals surface area contributed by atoms with Crippen LogP contribution < -0.4 is 4.57 Å². The SMILES string of the molecule is Cc1ccc(-c2ccc(-c3ccc(C4(c5ccc(-c6ccc(-c7ccc(C(C)(c8ccc(-c9ccc(-c%10ccc(C(C)(C)c%11ccncc%11)cc%10)cc9)cc8)c8cc[n+](CCCCCC[N+](C)(C)C)cc8)cc7)cc6)cc5)CC[N+](C)(CCCCCC[N+](C)(C)C)CC4)cc3)cc2)cc1. The summed E-state index contributed by atoms with van der Waals surface area (Å²) >= 11 is 0. The molecule has 9 aromatic carbocycles. The van der Waals surface area contributed by atoms with Gasteiger partial charge in [-0.2, -0.15) is 0 Å². The smallest absolute Gasteiger partial charge is 0.169 e. The fourth-order valence-electron chi connectivity index (χ4n) is 15.5.